The van der Waals surface area contributed by atoms with Crippen molar-refractivity contribution in [2.24, 2.45) is 5.92 Å². The smallest absolute Gasteiger partial charge is 0.229 e. The van der Waals surface area contributed by atoms with Gasteiger partial charge in [0.05, 0.1) is 35.9 Å². The minimum Gasteiger partial charge on any atom is -0.495 e. The van der Waals surface area contributed by atoms with Crippen LogP contribution in [0.15, 0.2) is 35.1 Å². The van der Waals surface area contributed by atoms with Gasteiger partial charge in [-0.3, -0.25) is 9.48 Å². The number of carbonyl (C=O) groups excluding carboxylic acids is 1. The van der Waals surface area contributed by atoms with Crippen molar-refractivity contribution in [2.45, 2.75) is 13.5 Å². The van der Waals surface area contributed by atoms with Crippen LogP contribution in [0.4, 0.5) is 5.69 Å². The Kier molecular flexibility index (Phi) is 5.25. The molecule has 0 unspecified atom stereocenters. The Morgan fingerprint density at radius 1 is 1.57 bits per heavy atom. The van der Waals surface area contributed by atoms with Gasteiger partial charge in [0.2, 0.25) is 5.91 Å². The summed E-state index contributed by atoms with van der Waals surface area (Å²) in [6, 6.07) is 5.09. The number of nitrogens with one attached hydrogen (secondary N) is 1. The Labute approximate surface area is 136 Å². The average molecular weight is 373 g/mol. The number of anilines is 1. The maximum Gasteiger partial charge on any atom is 0.229 e. The van der Waals surface area contributed by atoms with Gasteiger partial charge in [0.1, 0.15) is 5.75 Å². The summed E-state index contributed by atoms with van der Waals surface area (Å²) >= 11 is 9.27. The fourth-order valence-corrected chi connectivity index (χ4v) is 2.34. The minimum atomic E-state index is -0.250. The SMILES string of the molecule is COc1ccc(Cl)cc1NC(=O)[C@H](C)Cn1cc(Br)cn1. The summed E-state index contributed by atoms with van der Waals surface area (Å²) in [6.45, 7) is 2.32. The summed E-state index contributed by atoms with van der Waals surface area (Å²) in [6.07, 6.45) is 3.51. The molecule has 0 saturated carbocycles. The van der Waals surface area contributed by atoms with Crippen LogP contribution in [-0.2, 0) is 11.3 Å². The molecule has 1 aromatic carbocycles. The number of halogens is 2. The molecule has 0 radical (unpaired) electrons. The van der Waals surface area contributed by atoms with Crippen LogP contribution < -0.4 is 10.1 Å². The molecule has 1 heterocycles. The summed E-state index contributed by atoms with van der Waals surface area (Å²) in [5.41, 5.74) is 0.559. The zero-order chi connectivity index (χ0) is 15.4. The van der Waals surface area contributed by atoms with E-state index in [1.54, 1.807) is 36.2 Å². The molecular formula is C14H15BrClN3O2. The highest BCUT2D eigenvalue weighted by molar-refractivity contribution is 9.10. The molecule has 0 bridgehead atoms. The third-order valence-electron chi connectivity index (χ3n) is 2.93. The zero-order valence-electron chi connectivity index (χ0n) is 11.6. The average Bonchev–Trinajstić information content (AvgIpc) is 2.84. The lowest BCUT2D eigenvalue weighted by atomic mass is 10.1. The number of aromatic nitrogens is 2. The Balaban J connectivity index is 2.05. The molecule has 7 heteroatoms. The summed E-state index contributed by atoms with van der Waals surface area (Å²) in [5.74, 6) is 0.199. The van der Waals surface area contributed by atoms with E-state index in [-0.39, 0.29) is 11.8 Å². The highest BCUT2D eigenvalue weighted by Crippen LogP contribution is 2.28. The number of ether oxygens (including phenoxy) is 1. The molecule has 5 nitrogen and oxygen atoms in total. The van der Waals surface area contributed by atoms with E-state index in [1.165, 1.54) is 0 Å². The molecule has 1 amide bonds. The van der Waals surface area contributed by atoms with Crippen LogP contribution in [0.25, 0.3) is 0 Å². The first-order chi connectivity index (χ1) is 9.99. The van der Waals surface area contributed by atoms with E-state index in [0.29, 0.717) is 23.0 Å². The van der Waals surface area contributed by atoms with E-state index in [2.05, 4.69) is 26.3 Å². The van der Waals surface area contributed by atoms with Gasteiger partial charge in [-0.05, 0) is 34.1 Å². The molecule has 0 fully saturated rings. The largest absolute Gasteiger partial charge is 0.495 e. The Morgan fingerprint density at radius 3 is 2.95 bits per heavy atom. The first-order valence-electron chi connectivity index (χ1n) is 6.32. The molecule has 0 spiro atoms. The van der Waals surface area contributed by atoms with Gasteiger partial charge in [0.25, 0.3) is 0 Å². The van der Waals surface area contributed by atoms with E-state index in [9.17, 15) is 4.79 Å². The van der Waals surface area contributed by atoms with E-state index < -0.39 is 0 Å². The molecule has 1 N–H and O–H groups in total. The van der Waals surface area contributed by atoms with E-state index >= 15 is 0 Å². The van der Waals surface area contributed by atoms with Gasteiger partial charge in [0, 0.05) is 11.2 Å². The van der Waals surface area contributed by atoms with Crippen molar-refractivity contribution in [3.05, 3.63) is 40.1 Å². The van der Waals surface area contributed by atoms with Crippen LogP contribution in [0.5, 0.6) is 5.75 Å². The van der Waals surface area contributed by atoms with Crippen molar-refractivity contribution in [1.82, 2.24) is 9.78 Å². The van der Waals surface area contributed by atoms with Crippen LogP contribution in [0.2, 0.25) is 5.02 Å². The Morgan fingerprint density at radius 2 is 2.33 bits per heavy atom. The lowest BCUT2D eigenvalue weighted by molar-refractivity contribution is -0.119. The number of benzene rings is 1. The van der Waals surface area contributed by atoms with Crippen LogP contribution >= 0.6 is 27.5 Å². The molecule has 1 atom stereocenters. The second kappa shape index (κ2) is 6.95. The lowest BCUT2D eigenvalue weighted by Crippen LogP contribution is -2.24. The molecule has 0 saturated heterocycles. The quantitative estimate of drug-likeness (QED) is 0.873. The van der Waals surface area contributed by atoms with Crippen molar-refractivity contribution < 1.29 is 9.53 Å². The van der Waals surface area contributed by atoms with Gasteiger partial charge < -0.3 is 10.1 Å². The summed E-state index contributed by atoms with van der Waals surface area (Å²) in [4.78, 5) is 12.2. The summed E-state index contributed by atoms with van der Waals surface area (Å²) < 4.78 is 7.80. The summed E-state index contributed by atoms with van der Waals surface area (Å²) in [7, 11) is 1.55. The number of methoxy groups -OCH3 is 1. The number of hydrogen-bond donors (Lipinski definition) is 1. The normalized spacial score (nSPS) is 12.0. The fourth-order valence-electron chi connectivity index (χ4n) is 1.84. The first kappa shape index (κ1) is 15.9. The molecule has 21 heavy (non-hydrogen) atoms. The van der Waals surface area contributed by atoms with Gasteiger partial charge in [-0.2, -0.15) is 5.10 Å². The van der Waals surface area contributed by atoms with Gasteiger partial charge in [0.15, 0.2) is 0 Å². The third-order valence-corrected chi connectivity index (χ3v) is 3.57. The number of hydrogen-bond acceptors (Lipinski definition) is 3. The minimum absolute atomic E-state index is 0.123. The molecule has 0 aliphatic carbocycles. The number of nitrogens with zero attached hydrogens (tertiary/aromatic N) is 2. The highest BCUT2D eigenvalue weighted by atomic mass is 79.9. The fraction of sp³-hybridized carbons (Fsp3) is 0.286. The molecular weight excluding hydrogens is 358 g/mol. The Bertz CT molecular complexity index is 645. The molecule has 0 aliphatic heterocycles. The van der Waals surface area contributed by atoms with Gasteiger partial charge in [-0.1, -0.05) is 18.5 Å². The van der Waals surface area contributed by atoms with Crippen molar-refractivity contribution in [3.63, 3.8) is 0 Å². The van der Waals surface area contributed by atoms with Gasteiger partial charge in [-0.25, -0.2) is 0 Å². The second-order valence-corrected chi connectivity index (χ2v) is 5.97. The monoisotopic (exact) mass is 371 g/mol. The number of rotatable bonds is 5. The van der Waals surface area contributed by atoms with Crippen LogP contribution in [-0.4, -0.2) is 22.8 Å². The molecule has 2 rings (SSSR count). The Hall–Kier alpha value is -1.53. The number of carbonyl (C=O) groups is 1. The summed E-state index contributed by atoms with van der Waals surface area (Å²) in [5, 5.41) is 7.50. The number of amides is 1. The van der Waals surface area contributed by atoms with E-state index in [4.69, 9.17) is 16.3 Å². The first-order valence-corrected chi connectivity index (χ1v) is 7.49. The van der Waals surface area contributed by atoms with Crippen LogP contribution in [0.1, 0.15) is 6.92 Å². The molecule has 2 aromatic rings. The van der Waals surface area contributed by atoms with Crippen molar-refractivity contribution in [2.75, 3.05) is 12.4 Å². The van der Waals surface area contributed by atoms with Crippen molar-refractivity contribution in [1.29, 1.82) is 0 Å². The molecule has 0 aliphatic rings. The predicted octanol–water partition coefficient (Wildman–Crippen LogP) is 3.58. The molecule has 112 valence electrons. The lowest BCUT2D eigenvalue weighted by Gasteiger charge is -2.14. The maximum atomic E-state index is 12.2. The maximum absolute atomic E-state index is 12.2. The molecule has 1 aromatic heterocycles. The topological polar surface area (TPSA) is 56.1 Å². The van der Waals surface area contributed by atoms with Gasteiger partial charge >= 0.3 is 0 Å². The predicted molar refractivity (Wildman–Crippen MR) is 85.7 cm³/mol. The highest BCUT2D eigenvalue weighted by Gasteiger charge is 2.16. The van der Waals surface area contributed by atoms with Crippen molar-refractivity contribution in [3.8, 4) is 5.75 Å². The van der Waals surface area contributed by atoms with Crippen LogP contribution in [0.3, 0.4) is 0 Å². The van der Waals surface area contributed by atoms with E-state index in [1.807, 2.05) is 13.1 Å². The zero-order valence-corrected chi connectivity index (χ0v) is 14.0. The van der Waals surface area contributed by atoms with Crippen molar-refractivity contribution >= 4 is 39.1 Å². The third kappa shape index (κ3) is 4.22. The standard InChI is InChI=1S/C14H15BrClN3O2/c1-9(7-19-8-10(15)6-17-19)14(20)18-12-5-11(16)3-4-13(12)21-2/h3-6,8-9H,7H2,1-2H3,(H,18,20)/t9-/m1/s1. The van der Waals surface area contributed by atoms with Gasteiger partial charge in [-0.15, -0.1) is 0 Å². The van der Waals surface area contributed by atoms with E-state index in [0.717, 1.165) is 4.47 Å². The van der Waals surface area contributed by atoms with Crippen LogP contribution in [0, 0.1) is 5.92 Å². The second-order valence-electron chi connectivity index (χ2n) is 4.62.